The molecule has 0 N–H and O–H groups in total. The SMILES string of the molecule is CCCCCCC1(CCCCCC)C2=C(CCC(C(CC)(CC)N(C3=CC=CCC3)c3ccccc3)=C2)C2=CC=C(N(C3=CC=CCC3)c3ccc(C4=CC=C(C)CC4)cc3)CC21. The summed E-state index contributed by atoms with van der Waals surface area (Å²) in [6.45, 7) is 11.9. The van der Waals surface area contributed by atoms with E-state index in [2.05, 4.69) is 166 Å². The normalized spacial score (nSPS) is 20.5. The maximum Gasteiger partial charge on any atom is 0.0657 e. The Morgan fingerprint density at radius 1 is 0.603 bits per heavy atom. The maximum absolute atomic E-state index is 2.86. The van der Waals surface area contributed by atoms with Crippen LogP contribution in [0.5, 0.6) is 0 Å². The average Bonchev–Trinajstić information content (AvgIpc) is 3.60. The van der Waals surface area contributed by atoms with Gasteiger partial charge in [-0.2, -0.15) is 0 Å². The molecule has 0 saturated carbocycles. The van der Waals surface area contributed by atoms with Crippen molar-refractivity contribution in [3.63, 3.8) is 0 Å². The Labute approximate surface area is 383 Å². The highest BCUT2D eigenvalue weighted by Crippen LogP contribution is 2.63. The molecule has 1 unspecified atom stereocenters. The average molecular weight is 839 g/mol. The summed E-state index contributed by atoms with van der Waals surface area (Å²) in [5, 5.41) is 0. The van der Waals surface area contributed by atoms with Crippen molar-refractivity contribution >= 4 is 16.9 Å². The lowest BCUT2D eigenvalue weighted by atomic mass is 9.63. The molecule has 63 heavy (non-hydrogen) atoms. The largest absolute Gasteiger partial charge is 0.335 e. The zero-order valence-corrected chi connectivity index (χ0v) is 39.9. The van der Waals surface area contributed by atoms with E-state index in [1.165, 1.54) is 109 Å². The van der Waals surface area contributed by atoms with Gasteiger partial charge in [-0.3, -0.25) is 0 Å². The van der Waals surface area contributed by atoms with Crippen LogP contribution in [0.3, 0.4) is 0 Å². The fraction of sp³-hybridized carbons (Fsp3) is 0.475. The Morgan fingerprint density at radius 2 is 1.29 bits per heavy atom. The van der Waals surface area contributed by atoms with E-state index >= 15 is 0 Å². The van der Waals surface area contributed by atoms with Gasteiger partial charge in [0.15, 0.2) is 0 Å². The minimum atomic E-state index is -0.0780. The Kier molecular flexibility index (Phi) is 15.0. The second-order valence-corrected chi connectivity index (χ2v) is 19.6. The molecule has 6 aliphatic rings. The van der Waals surface area contributed by atoms with Crippen LogP contribution in [-0.2, 0) is 0 Å². The van der Waals surface area contributed by atoms with Gasteiger partial charge in [0, 0.05) is 33.9 Å². The number of anilines is 2. The standard InChI is InChI=1S/C61H78N2/c1-6-10-12-23-43-60(44-24-13-11-7-2)58-45-50(61(8-3,9-4)63(53-27-19-15-20-28-53)54-29-21-16-22-30-54)37-41-56(58)57-42-40-55(46-59(57)60)62(51-25-17-14-18-26-51)52-38-35-49(36-39-52)48-33-31-47(5)32-34-48/h14-17,19-21,25,27-29,31,33,35-36,38-40,42,45,59H,6-13,18,22-24,26,30,32,34,37,41,43-44,46H2,1-5H3. The molecule has 8 rings (SSSR count). The van der Waals surface area contributed by atoms with Gasteiger partial charge in [0.25, 0.3) is 0 Å². The van der Waals surface area contributed by atoms with E-state index in [1.54, 1.807) is 22.3 Å². The number of rotatable bonds is 20. The first-order chi connectivity index (χ1) is 31.0. The van der Waals surface area contributed by atoms with E-state index in [-0.39, 0.29) is 11.0 Å². The molecule has 6 aliphatic carbocycles. The number of hydrogen-bond acceptors (Lipinski definition) is 2. The number of unbranched alkanes of at least 4 members (excludes halogenated alkanes) is 6. The van der Waals surface area contributed by atoms with Gasteiger partial charge >= 0.3 is 0 Å². The Morgan fingerprint density at radius 3 is 1.89 bits per heavy atom. The topological polar surface area (TPSA) is 6.48 Å². The van der Waals surface area contributed by atoms with Crippen molar-refractivity contribution < 1.29 is 0 Å². The molecule has 0 aromatic heterocycles. The fourth-order valence-corrected chi connectivity index (χ4v) is 12.5. The van der Waals surface area contributed by atoms with Crippen LogP contribution in [0.4, 0.5) is 11.4 Å². The van der Waals surface area contributed by atoms with Crippen molar-refractivity contribution in [2.75, 3.05) is 9.80 Å². The first kappa shape index (κ1) is 45.0. The summed E-state index contributed by atoms with van der Waals surface area (Å²) >= 11 is 0. The van der Waals surface area contributed by atoms with Crippen molar-refractivity contribution in [2.24, 2.45) is 11.3 Å². The third kappa shape index (κ3) is 9.35. The van der Waals surface area contributed by atoms with Crippen LogP contribution in [0.2, 0.25) is 0 Å². The summed E-state index contributed by atoms with van der Waals surface area (Å²) in [4.78, 5) is 5.48. The number of allylic oxidation sites excluding steroid dienone is 19. The van der Waals surface area contributed by atoms with E-state index in [0.29, 0.717) is 5.92 Å². The van der Waals surface area contributed by atoms with E-state index in [9.17, 15) is 0 Å². The second-order valence-electron chi connectivity index (χ2n) is 19.6. The molecule has 0 bridgehead atoms. The van der Waals surface area contributed by atoms with Crippen LogP contribution < -0.4 is 9.80 Å². The van der Waals surface area contributed by atoms with E-state index in [1.807, 2.05) is 0 Å². The second kappa shape index (κ2) is 21.0. The summed E-state index contributed by atoms with van der Waals surface area (Å²) in [6.07, 6.45) is 52.2. The monoisotopic (exact) mass is 839 g/mol. The number of para-hydroxylation sites is 1. The summed E-state index contributed by atoms with van der Waals surface area (Å²) in [5.74, 6) is 0.499. The zero-order valence-electron chi connectivity index (χ0n) is 39.9. The highest BCUT2D eigenvalue weighted by molar-refractivity contribution is 5.72. The molecule has 2 aromatic rings. The molecule has 2 aromatic carbocycles. The number of benzene rings is 2. The number of fused-ring (bicyclic) bond motifs is 2. The van der Waals surface area contributed by atoms with Gasteiger partial charge in [-0.05, 0) is 172 Å². The van der Waals surface area contributed by atoms with Gasteiger partial charge in [-0.1, -0.05) is 164 Å². The highest BCUT2D eigenvalue weighted by Gasteiger charge is 2.52. The number of hydrogen-bond donors (Lipinski definition) is 0. The molecule has 2 nitrogen and oxygen atoms in total. The lowest BCUT2D eigenvalue weighted by Gasteiger charge is -2.49. The summed E-state index contributed by atoms with van der Waals surface area (Å²) in [6, 6.07) is 21.0. The molecule has 332 valence electrons. The van der Waals surface area contributed by atoms with Gasteiger partial charge in [0.2, 0.25) is 0 Å². The third-order valence-corrected chi connectivity index (χ3v) is 15.9. The molecular formula is C61H78N2. The van der Waals surface area contributed by atoms with E-state index < -0.39 is 0 Å². The minimum absolute atomic E-state index is 0.0780. The Hall–Kier alpha value is -4.56. The molecule has 0 radical (unpaired) electrons. The van der Waals surface area contributed by atoms with Gasteiger partial charge < -0.3 is 9.80 Å². The van der Waals surface area contributed by atoms with Crippen LogP contribution in [0.1, 0.15) is 175 Å². The Bertz CT molecular complexity index is 2210. The first-order valence-electron chi connectivity index (χ1n) is 25.7. The van der Waals surface area contributed by atoms with Gasteiger partial charge in [-0.25, -0.2) is 0 Å². The van der Waals surface area contributed by atoms with Crippen LogP contribution in [0, 0.1) is 11.3 Å². The smallest absolute Gasteiger partial charge is 0.0657 e. The molecular weight excluding hydrogens is 761 g/mol. The quantitative estimate of drug-likeness (QED) is 0.123. The van der Waals surface area contributed by atoms with Gasteiger partial charge in [-0.15, -0.1) is 0 Å². The zero-order chi connectivity index (χ0) is 43.7. The predicted octanol–water partition coefficient (Wildman–Crippen LogP) is 17.9. The molecule has 0 amide bonds. The van der Waals surface area contributed by atoms with E-state index in [4.69, 9.17) is 0 Å². The fourth-order valence-electron chi connectivity index (χ4n) is 12.5. The van der Waals surface area contributed by atoms with Crippen LogP contribution in [0.25, 0.3) is 5.57 Å². The van der Waals surface area contributed by atoms with Crippen molar-refractivity contribution in [2.45, 2.75) is 175 Å². The molecule has 0 saturated heterocycles. The van der Waals surface area contributed by atoms with Crippen LogP contribution >= 0.6 is 0 Å². The van der Waals surface area contributed by atoms with Crippen molar-refractivity contribution in [1.29, 1.82) is 0 Å². The predicted molar refractivity (Wildman–Crippen MR) is 274 cm³/mol. The van der Waals surface area contributed by atoms with Crippen molar-refractivity contribution in [1.82, 2.24) is 0 Å². The molecule has 1 atom stereocenters. The molecule has 0 fully saturated rings. The van der Waals surface area contributed by atoms with E-state index in [0.717, 1.165) is 70.6 Å². The molecule has 0 aliphatic heterocycles. The lowest BCUT2D eigenvalue weighted by molar-refractivity contribution is 0.207. The lowest BCUT2D eigenvalue weighted by Crippen LogP contribution is -2.50. The maximum atomic E-state index is 2.86. The molecule has 0 heterocycles. The molecule has 0 spiro atoms. The van der Waals surface area contributed by atoms with Gasteiger partial charge in [0.1, 0.15) is 0 Å². The third-order valence-electron chi connectivity index (χ3n) is 15.9. The van der Waals surface area contributed by atoms with Crippen molar-refractivity contribution in [3.8, 4) is 0 Å². The summed E-state index contributed by atoms with van der Waals surface area (Å²) < 4.78 is 0. The van der Waals surface area contributed by atoms with Crippen LogP contribution in [0.15, 0.2) is 166 Å². The number of nitrogens with zero attached hydrogens (tertiary/aromatic N) is 2. The summed E-state index contributed by atoms with van der Waals surface area (Å²) in [7, 11) is 0. The van der Waals surface area contributed by atoms with Crippen LogP contribution in [-0.4, -0.2) is 5.54 Å². The first-order valence-corrected chi connectivity index (χ1v) is 25.7. The van der Waals surface area contributed by atoms with Gasteiger partial charge in [0.05, 0.1) is 5.54 Å². The Balaban J connectivity index is 1.24. The molecule has 2 heteroatoms. The minimum Gasteiger partial charge on any atom is -0.335 e. The highest BCUT2D eigenvalue weighted by atomic mass is 15.2. The summed E-state index contributed by atoms with van der Waals surface area (Å²) in [5.41, 5.74) is 18.2. The van der Waals surface area contributed by atoms with Crippen molar-refractivity contribution in [3.05, 3.63) is 172 Å².